The topological polar surface area (TPSA) is 31.5 Å². The molecule has 28 valence electrons. The van der Waals surface area contributed by atoms with Crippen LogP contribution in [-0.2, 0) is 0 Å². The molecular weight excluding hydrogens is 96.2 g/mol. The number of rotatable bonds is 0. The van der Waals surface area contributed by atoms with E-state index in [9.17, 15) is 0 Å². The molecule has 0 aromatic carbocycles. The molecule has 1 nitrogen and oxygen atoms in total. The summed E-state index contributed by atoms with van der Waals surface area (Å²) in [5.41, 5.74) is 0. The van der Waals surface area contributed by atoms with Gasteiger partial charge in [0.2, 0.25) is 0 Å². The summed E-state index contributed by atoms with van der Waals surface area (Å²) in [5, 5.41) is 0. The van der Waals surface area contributed by atoms with Crippen LogP contribution in [0, 0.1) is 0 Å². The molecule has 0 aromatic heterocycles. The molecule has 2 N–H and O–H groups in total. The summed E-state index contributed by atoms with van der Waals surface area (Å²) in [6.45, 7) is 0. The Labute approximate surface area is 64.1 Å². The molecule has 0 aliphatic heterocycles. The van der Waals surface area contributed by atoms with E-state index in [2.05, 4.69) is 0 Å². The van der Waals surface area contributed by atoms with Crippen LogP contribution >= 0.6 is 0 Å². The van der Waals surface area contributed by atoms with Gasteiger partial charge in [-0.25, -0.2) is 0 Å². The van der Waals surface area contributed by atoms with Crippen molar-refractivity contribution in [1.82, 2.24) is 0 Å². The zero-order valence-corrected chi connectivity index (χ0v) is 3.42. The van der Waals surface area contributed by atoms with Gasteiger partial charge in [-0.1, -0.05) is 7.43 Å². The Morgan fingerprint density at radius 1 is 1.25 bits per heavy atom. The fraction of sp³-hybridized carbons (Fsp3) is 1.00. The van der Waals surface area contributed by atoms with Crippen molar-refractivity contribution in [3.05, 3.63) is 0 Å². The maximum absolute atomic E-state index is 0. The number of hydrogen-bond donors (Lipinski definition) is 0. The van der Waals surface area contributed by atoms with Crippen LogP contribution in [0.25, 0.3) is 0 Å². The Hall–Kier alpha value is 1.44. The summed E-state index contributed by atoms with van der Waals surface area (Å²) in [5.74, 6) is 0. The van der Waals surface area contributed by atoms with Crippen LogP contribution in [0.15, 0.2) is 0 Å². The van der Waals surface area contributed by atoms with Crippen molar-refractivity contribution < 1.29 is 8.33 Å². The zero-order chi connectivity index (χ0) is 0. The summed E-state index contributed by atoms with van der Waals surface area (Å²) < 4.78 is 0. The van der Waals surface area contributed by atoms with Crippen molar-refractivity contribution in [1.29, 1.82) is 0 Å². The molecule has 3 heteroatoms. The van der Waals surface area contributed by atoms with Gasteiger partial charge in [0.15, 0.2) is 0 Å². The largest absolute Gasteiger partial charge is 2.00 e. The van der Waals surface area contributed by atoms with Crippen LogP contribution in [-0.4, -0.2) is 54.2 Å². The van der Waals surface area contributed by atoms with E-state index in [1.807, 2.05) is 0 Å². The normalized spacial score (nSPS) is 0. The maximum Gasteiger partial charge on any atom is 2.00 e. The van der Waals surface area contributed by atoms with Crippen LogP contribution in [0.3, 0.4) is 0 Å². The van der Waals surface area contributed by atoms with Crippen LogP contribution in [0.5, 0.6) is 0 Å². The van der Waals surface area contributed by atoms with Gasteiger partial charge in [0.25, 0.3) is 0 Å². The van der Waals surface area contributed by atoms with Crippen LogP contribution in [0.4, 0.5) is 0 Å². The maximum atomic E-state index is 0. The molecule has 0 bridgehead atoms. The van der Waals surface area contributed by atoms with Gasteiger partial charge in [0.05, 0.1) is 0 Å². The molecule has 0 atom stereocenters. The SMILES string of the molecule is C.O.[Ca+2].[H-].[H-].[SiH4]. The van der Waals surface area contributed by atoms with E-state index >= 15 is 0 Å². The molecule has 0 fully saturated rings. The fourth-order valence-electron chi connectivity index (χ4n) is 0. The van der Waals surface area contributed by atoms with Gasteiger partial charge in [0.1, 0.15) is 0 Å². The minimum Gasteiger partial charge on any atom is -1.00 e. The average Bonchev–Trinajstić information content (AvgIpc) is 0. The van der Waals surface area contributed by atoms with Gasteiger partial charge >= 0.3 is 37.7 Å². The second-order valence-corrected chi connectivity index (χ2v) is 0. The third-order valence-electron chi connectivity index (χ3n) is 0. The van der Waals surface area contributed by atoms with Crippen molar-refractivity contribution >= 4 is 48.7 Å². The van der Waals surface area contributed by atoms with Gasteiger partial charge in [-0.15, -0.1) is 0 Å². The third kappa shape index (κ3) is 9.89. The first-order valence-electron chi connectivity index (χ1n) is 0. The first-order chi connectivity index (χ1) is 0. The van der Waals surface area contributed by atoms with Crippen molar-refractivity contribution in [2.24, 2.45) is 0 Å². The van der Waals surface area contributed by atoms with E-state index in [-0.39, 0.29) is 64.5 Å². The molecular formula is CH12CaOSi. The third-order valence-corrected chi connectivity index (χ3v) is 0. The predicted octanol–water partition coefficient (Wildman–Crippen LogP) is -1.80. The molecule has 0 aliphatic rings. The minimum atomic E-state index is 0. The molecule has 0 spiro atoms. The molecule has 0 amide bonds. The monoisotopic (exact) mass is 108 g/mol. The van der Waals surface area contributed by atoms with Crippen molar-refractivity contribution in [2.75, 3.05) is 0 Å². The molecule has 0 heterocycles. The van der Waals surface area contributed by atoms with Crippen molar-refractivity contribution in [2.45, 2.75) is 7.43 Å². The quantitative estimate of drug-likeness (QED) is 0.328. The van der Waals surface area contributed by atoms with E-state index in [1.54, 1.807) is 0 Å². The first-order valence-corrected chi connectivity index (χ1v) is 0. The van der Waals surface area contributed by atoms with E-state index in [0.29, 0.717) is 0 Å². The van der Waals surface area contributed by atoms with Gasteiger partial charge in [0, 0.05) is 0 Å². The molecule has 0 rings (SSSR count). The average molecular weight is 108 g/mol. The summed E-state index contributed by atoms with van der Waals surface area (Å²) in [7, 11) is 0. The smallest absolute Gasteiger partial charge is 1.00 e. The Morgan fingerprint density at radius 2 is 1.25 bits per heavy atom. The Bertz CT molecular complexity index is 13.5. The van der Waals surface area contributed by atoms with Gasteiger partial charge in [-0.2, -0.15) is 0 Å². The Balaban J connectivity index is 0. The summed E-state index contributed by atoms with van der Waals surface area (Å²) in [6.07, 6.45) is 0. The summed E-state index contributed by atoms with van der Waals surface area (Å²) >= 11 is 0. The van der Waals surface area contributed by atoms with E-state index in [0.717, 1.165) is 0 Å². The summed E-state index contributed by atoms with van der Waals surface area (Å²) in [4.78, 5) is 0. The molecule has 0 unspecified atom stereocenters. The predicted molar refractivity (Wildman–Crippen MR) is 29.7 cm³/mol. The standard InChI is InChI=1S/CH4.Ca.H2O.H4Si.2H/h1H4;;1H2;1H4;;/q;+2;;;2*-1. The van der Waals surface area contributed by atoms with E-state index in [4.69, 9.17) is 0 Å². The van der Waals surface area contributed by atoms with Crippen molar-refractivity contribution in [3.63, 3.8) is 0 Å². The molecule has 4 heavy (non-hydrogen) atoms. The second-order valence-electron chi connectivity index (χ2n) is 0. The van der Waals surface area contributed by atoms with Gasteiger partial charge in [-0.3, -0.25) is 0 Å². The molecule has 0 saturated heterocycles. The van der Waals surface area contributed by atoms with Gasteiger partial charge < -0.3 is 8.33 Å². The first kappa shape index (κ1) is 51.8. The Morgan fingerprint density at radius 3 is 1.25 bits per heavy atom. The van der Waals surface area contributed by atoms with E-state index in [1.165, 1.54) is 0 Å². The van der Waals surface area contributed by atoms with Crippen LogP contribution in [0.1, 0.15) is 10.3 Å². The van der Waals surface area contributed by atoms with E-state index < -0.39 is 0 Å². The summed E-state index contributed by atoms with van der Waals surface area (Å²) in [6, 6.07) is 0. The second kappa shape index (κ2) is 25.4. The number of hydrogen-bond acceptors (Lipinski definition) is 0. The molecule has 0 aliphatic carbocycles. The van der Waals surface area contributed by atoms with Crippen molar-refractivity contribution in [3.8, 4) is 0 Å². The Kier molecular flexibility index (Phi) is 329. The fourth-order valence-corrected chi connectivity index (χ4v) is 0. The van der Waals surface area contributed by atoms with Crippen LogP contribution in [0.2, 0.25) is 0 Å². The minimum absolute atomic E-state index is 0. The molecule has 0 aromatic rings. The molecule has 0 radical (unpaired) electrons. The van der Waals surface area contributed by atoms with Gasteiger partial charge in [-0.05, 0) is 11.0 Å². The van der Waals surface area contributed by atoms with Crippen LogP contribution < -0.4 is 0 Å². The zero-order valence-electron chi connectivity index (χ0n) is 3.21. The molecule has 0 saturated carbocycles.